The summed E-state index contributed by atoms with van der Waals surface area (Å²) in [6, 6.07) is 7.67. The van der Waals surface area contributed by atoms with Crippen molar-refractivity contribution in [3.05, 3.63) is 45.4 Å². The minimum absolute atomic E-state index is 0.110. The molecule has 0 N–H and O–H groups in total. The summed E-state index contributed by atoms with van der Waals surface area (Å²) in [5, 5.41) is -0.262. The number of nitrogens with zero attached hydrogens (tertiary/aromatic N) is 1. The normalized spacial score (nSPS) is 15.6. The van der Waals surface area contributed by atoms with Gasteiger partial charge in [0.2, 0.25) is 5.91 Å². The highest BCUT2D eigenvalue weighted by atomic mass is 79.9. The van der Waals surface area contributed by atoms with E-state index in [9.17, 15) is 4.79 Å². The predicted molar refractivity (Wildman–Crippen MR) is 122 cm³/mol. The molecule has 2 aromatic rings. The van der Waals surface area contributed by atoms with Gasteiger partial charge in [-0.1, -0.05) is 22.0 Å². The Balaban J connectivity index is 1.89. The number of carbonyl (C=O) groups is 1. The molecule has 1 unspecified atom stereocenters. The Bertz CT molecular complexity index is 936. The molecule has 0 bridgehead atoms. The van der Waals surface area contributed by atoms with E-state index in [0.29, 0.717) is 42.5 Å². The van der Waals surface area contributed by atoms with E-state index in [1.54, 1.807) is 28.4 Å². The van der Waals surface area contributed by atoms with Gasteiger partial charge in [0.25, 0.3) is 0 Å². The minimum Gasteiger partial charge on any atom is -0.493 e. The molecule has 162 valence electrons. The van der Waals surface area contributed by atoms with Crippen LogP contribution in [0.5, 0.6) is 23.0 Å². The highest BCUT2D eigenvalue weighted by molar-refractivity contribution is 9.10. The van der Waals surface area contributed by atoms with Crippen molar-refractivity contribution in [1.29, 1.82) is 0 Å². The van der Waals surface area contributed by atoms with E-state index in [0.717, 1.165) is 21.2 Å². The van der Waals surface area contributed by atoms with E-state index in [1.165, 1.54) is 11.8 Å². The third-order valence-corrected chi connectivity index (χ3v) is 6.96. The molecule has 30 heavy (non-hydrogen) atoms. The lowest BCUT2D eigenvalue weighted by Gasteiger charge is -2.34. The van der Waals surface area contributed by atoms with Gasteiger partial charge in [-0.05, 0) is 42.0 Å². The maximum absolute atomic E-state index is 13.2. The first-order valence-electron chi connectivity index (χ1n) is 9.44. The Morgan fingerprint density at radius 3 is 2.30 bits per heavy atom. The molecule has 0 spiro atoms. The van der Waals surface area contributed by atoms with E-state index in [2.05, 4.69) is 15.9 Å². The first kappa shape index (κ1) is 22.6. The smallest absolute Gasteiger partial charge is 0.240 e. The molecular weight excluding hydrogens is 470 g/mol. The van der Waals surface area contributed by atoms with Crippen LogP contribution in [0.15, 0.2) is 28.7 Å². The molecule has 6 nitrogen and oxygen atoms in total. The quantitative estimate of drug-likeness (QED) is 0.538. The molecular formula is C22H26BrNO5S. The number of ether oxygens (including phenoxy) is 4. The van der Waals surface area contributed by atoms with Crippen LogP contribution < -0.4 is 18.9 Å². The van der Waals surface area contributed by atoms with Crippen LogP contribution >= 0.6 is 27.7 Å². The van der Waals surface area contributed by atoms with Gasteiger partial charge in [0, 0.05) is 23.1 Å². The molecule has 0 saturated heterocycles. The molecule has 0 aliphatic carbocycles. The number of methoxy groups -OCH3 is 4. The Hall–Kier alpha value is -2.06. The second kappa shape index (κ2) is 9.83. The molecule has 1 amide bonds. The standard InChI is InChI=1S/C22H26BrNO5S/c1-26-17-7-6-14-15(20(17)29-4)12-24(22(25)21(14)30-5)9-8-13-10-18(27-2)19(28-3)11-16(13)23/h6-7,10-11,21H,8-9,12H2,1-5H3. The molecule has 0 fully saturated rings. The summed E-state index contributed by atoms with van der Waals surface area (Å²) in [4.78, 5) is 15.1. The first-order valence-corrected chi connectivity index (χ1v) is 11.5. The van der Waals surface area contributed by atoms with Gasteiger partial charge in [0.05, 0.1) is 28.4 Å². The van der Waals surface area contributed by atoms with E-state index < -0.39 is 0 Å². The third kappa shape index (κ3) is 4.21. The van der Waals surface area contributed by atoms with Gasteiger partial charge in [-0.15, -0.1) is 11.8 Å². The van der Waals surface area contributed by atoms with Crippen molar-refractivity contribution in [2.45, 2.75) is 18.2 Å². The average molecular weight is 496 g/mol. The van der Waals surface area contributed by atoms with Crippen molar-refractivity contribution < 1.29 is 23.7 Å². The van der Waals surface area contributed by atoms with Crippen LogP contribution in [0.25, 0.3) is 0 Å². The number of thioether (sulfide) groups is 1. The molecule has 1 atom stereocenters. The molecule has 1 aliphatic rings. The maximum atomic E-state index is 13.2. The number of fused-ring (bicyclic) bond motifs is 1. The van der Waals surface area contributed by atoms with Crippen LogP contribution in [0.2, 0.25) is 0 Å². The number of hydrogen-bond acceptors (Lipinski definition) is 6. The Kier molecular flexibility index (Phi) is 7.41. The van der Waals surface area contributed by atoms with E-state index in [4.69, 9.17) is 18.9 Å². The molecule has 1 heterocycles. The second-order valence-corrected chi connectivity index (χ2v) is 8.59. The van der Waals surface area contributed by atoms with Crippen molar-refractivity contribution in [1.82, 2.24) is 4.90 Å². The maximum Gasteiger partial charge on any atom is 0.240 e. The van der Waals surface area contributed by atoms with Crippen LogP contribution in [-0.4, -0.2) is 52.0 Å². The molecule has 0 aromatic heterocycles. The van der Waals surface area contributed by atoms with Gasteiger partial charge in [0.1, 0.15) is 5.25 Å². The van der Waals surface area contributed by atoms with Gasteiger partial charge in [-0.2, -0.15) is 0 Å². The van der Waals surface area contributed by atoms with Crippen molar-refractivity contribution >= 4 is 33.6 Å². The topological polar surface area (TPSA) is 57.2 Å². The summed E-state index contributed by atoms with van der Waals surface area (Å²) in [6.45, 7) is 1.06. The zero-order chi connectivity index (χ0) is 21.8. The lowest BCUT2D eigenvalue weighted by Crippen LogP contribution is -2.39. The van der Waals surface area contributed by atoms with Crippen molar-refractivity contribution in [3.8, 4) is 23.0 Å². The highest BCUT2D eigenvalue weighted by Gasteiger charge is 2.35. The summed E-state index contributed by atoms with van der Waals surface area (Å²) in [5.74, 6) is 2.81. The van der Waals surface area contributed by atoms with Crippen LogP contribution in [0.4, 0.5) is 0 Å². The van der Waals surface area contributed by atoms with Crippen molar-refractivity contribution in [2.24, 2.45) is 0 Å². The van der Waals surface area contributed by atoms with E-state index >= 15 is 0 Å². The number of benzene rings is 2. The van der Waals surface area contributed by atoms with Crippen LogP contribution in [0, 0.1) is 0 Å². The zero-order valence-corrected chi connectivity index (χ0v) is 20.2. The summed E-state index contributed by atoms with van der Waals surface area (Å²) >= 11 is 5.14. The lowest BCUT2D eigenvalue weighted by molar-refractivity contribution is -0.132. The van der Waals surface area contributed by atoms with Gasteiger partial charge >= 0.3 is 0 Å². The largest absolute Gasteiger partial charge is 0.493 e. The third-order valence-electron chi connectivity index (χ3n) is 5.29. The Labute approximate surface area is 189 Å². The first-order chi connectivity index (χ1) is 14.5. The zero-order valence-electron chi connectivity index (χ0n) is 17.8. The average Bonchev–Trinajstić information content (AvgIpc) is 2.77. The Morgan fingerprint density at radius 1 is 1.03 bits per heavy atom. The molecule has 2 aromatic carbocycles. The summed E-state index contributed by atoms with van der Waals surface area (Å²) in [7, 11) is 6.48. The monoisotopic (exact) mass is 495 g/mol. The molecule has 3 rings (SSSR count). The number of amides is 1. The highest BCUT2D eigenvalue weighted by Crippen LogP contribution is 2.44. The fourth-order valence-corrected chi connectivity index (χ4v) is 5.09. The summed E-state index contributed by atoms with van der Waals surface area (Å²) in [6.07, 6.45) is 2.63. The number of halogens is 1. The lowest BCUT2D eigenvalue weighted by atomic mass is 9.96. The number of carbonyl (C=O) groups excluding carboxylic acids is 1. The minimum atomic E-state index is -0.262. The summed E-state index contributed by atoms with van der Waals surface area (Å²) < 4.78 is 22.8. The van der Waals surface area contributed by atoms with Crippen LogP contribution in [-0.2, 0) is 17.8 Å². The van der Waals surface area contributed by atoms with Crippen LogP contribution in [0.3, 0.4) is 0 Å². The molecule has 1 aliphatic heterocycles. The second-order valence-electron chi connectivity index (χ2n) is 6.79. The molecule has 0 radical (unpaired) electrons. The van der Waals surface area contributed by atoms with Crippen molar-refractivity contribution in [2.75, 3.05) is 41.2 Å². The van der Waals surface area contributed by atoms with E-state index in [-0.39, 0.29) is 11.2 Å². The number of rotatable bonds is 8. The van der Waals surface area contributed by atoms with Gasteiger partial charge < -0.3 is 23.8 Å². The molecule has 8 heteroatoms. The molecule has 0 saturated carbocycles. The number of hydrogen-bond donors (Lipinski definition) is 0. The van der Waals surface area contributed by atoms with Crippen LogP contribution in [0.1, 0.15) is 21.9 Å². The SMILES string of the molecule is COc1cc(Br)c(CCN2Cc3c(ccc(OC)c3OC)C(SC)C2=O)cc1OC. The fraction of sp³-hybridized carbons (Fsp3) is 0.409. The predicted octanol–water partition coefficient (Wildman–Crippen LogP) is 4.47. The summed E-state index contributed by atoms with van der Waals surface area (Å²) in [5.41, 5.74) is 3.04. The van der Waals surface area contributed by atoms with Crippen molar-refractivity contribution in [3.63, 3.8) is 0 Å². The van der Waals surface area contributed by atoms with Gasteiger partial charge in [0.15, 0.2) is 23.0 Å². The van der Waals surface area contributed by atoms with E-state index in [1.807, 2.05) is 35.4 Å². The fourth-order valence-electron chi connectivity index (χ4n) is 3.74. The van der Waals surface area contributed by atoms with Gasteiger partial charge in [-0.25, -0.2) is 0 Å². The van der Waals surface area contributed by atoms with Gasteiger partial charge in [-0.3, -0.25) is 4.79 Å². The Morgan fingerprint density at radius 2 is 1.70 bits per heavy atom.